The van der Waals surface area contributed by atoms with Crippen molar-refractivity contribution in [1.82, 2.24) is 10.2 Å². The third-order valence-corrected chi connectivity index (χ3v) is 1.81. The first-order valence-electron chi connectivity index (χ1n) is 5.01. The Kier molecular flexibility index (Phi) is 6.49. The van der Waals surface area contributed by atoms with E-state index in [9.17, 15) is 4.79 Å². The van der Waals surface area contributed by atoms with Crippen LogP contribution in [-0.4, -0.2) is 50.2 Å². The van der Waals surface area contributed by atoms with E-state index in [1.165, 1.54) is 0 Å². The fourth-order valence-electron chi connectivity index (χ4n) is 1.04. The van der Waals surface area contributed by atoms with E-state index in [0.717, 1.165) is 0 Å². The van der Waals surface area contributed by atoms with Gasteiger partial charge in [-0.3, -0.25) is 4.79 Å². The van der Waals surface area contributed by atoms with Gasteiger partial charge in [-0.15, -0.1) is 0 Å². The molecule has 0 aromatic rings. The van der Waals surface area contributed by atoms with Crippen LogP contribution in [0.2, 0.25) is 0 Å². The van der Waals surface area contributed by atoms with Crippen molar-refractivity contribution in [3.8, 4) is 0 Å². The van der Waals surface area contributed by atoms with E-state index in [2.05, 4.69) is 5.32 Å². The van der Waals surface area contributed by atoms with Gasteiger partial charge in [0.05, 0.1) is 18.8 Å². The number of carbonyl (C=O) groups is 1. The Labute approximate surface area is 86.6 Å². The molecule has 0 rings (SSSR count). The van der Waals surface area contributed by atoms with Gasteiger partial charge in [-0.25, -0.2) is 0 Å². The molecule has 0 bridgehead atoms. The number of hydrogen-bond donors (Lipinski definition) is 1. The van der Waals surface area contributed by atoms with Gasteiger partial charge in [0.15, 0.2) is 0 Å². The Morgan fingerprint density at radius 2 is 1.93 bits per heavy atom. The smallest absolute Gasteiger partial charge is 0.238 e. The summed E-state index contributed by atoms with van der Waals surface area (Å²) in [7, 11) is 3.51. The lowest BCUT2D eigenvalue weighted by atomic mass is 10.3. The van der Waals surface area contributed by atoms with Crippen LogP contribution in [0, 0.1) is 0 Å². The quantitative estimate of drug-likeness (QED) is 0.637. The topological polar surface area (TPSA) is 41.6 Å². The Morgan fingerprint density at radius 1 is 1.36 bits per heavy atom. The highest BCUT2D eigenvalue weighted by Crippen LogP contribution is 1.89. The molecule has 0 spiro atoms. The zero-order chi connectivity index (χ0) is 11.1. The highest BCUT2D eigenvalue weighted by Gasteiger charge is 2.13. The zero-order valence-electron chi connectivity index (χ0n) is 9.83. The van der Waals surface area contributed by atoms with Crippen LogP contribution >= 0.6 is 0 Å². The maximum Gasteiger partial charge on any atom is 0.238 e. The van der Waals surface area contributed by atoms with Crippen LogP contribution < -0.4 is 5.32 Å². The summed E-state index contributed by atoms with van der Waals surface area (Å²) in [5.41, 5.74) is 0. The van der Waals surface area contributed by atoms with E-state index in [-0.39, 0.29) is 18.1 Å². The van der Waals surface area contributed by atoms with Crippen LogP contribution in [0.5, 0.6) is 0 Å². The lowest BCUT2D eigenvalue weighted by Gasteiger charge is -2.18. The summed E-state index contributed by atoms with van der Waals surface area (Å²) in [6.07, 6.45) is 0.247. The van der Waals surface area contributed by atoms with E-state index in [1.807, 2.05) is 20.8 Å². The first-order valence-corrected chi connectivity index (χ1v) is 5.01. The largest absolute Gasteiger partial charge is 0.377 e. The summed E-state index contributed by atoms with van der Waals surface area (Å²) in [5, 5.41) is 3.10. The van der Waals surface area contributed by atoms with Crippen LogP contribution in [0.3, 0.4) is 0 Å². The standard InChI is InChI=1S/C10H22N2O2/c1-8(2)14-7-6-11-9(3)10(13)12(4)5/h8-9,11H,6-7H2,1-5H3. The van der Waals surface area contributed by atoms with Crippen molar-refractivity contribution >= 4 is 5.91 Å². The van der Waals surface area contributed by atoms with E-state index in [0.29, 0.717) is 13.2 Å². The normalized spacial score (nSPS) is 13.0. The zero-order valence-corrected chi connectivity index (χ0v) is 9.83. The molecule has 0 fully saturated rings. The monoisotopic (exact) mass is 202 g/mol. The van der Waals surface area contributed by atoms with Crippen molar-refractivity contribution in [2.75, 3.05) is 27.2 Å². The molecule has 0 heterocycles. The van der Waals surface area contributed by atoms with Crippen LogP contribution in [0.15, 0.2) is 0 Å². The molecule has 0 aliphatic rings. The Morgan fingerprint density at radius 3 is 2.36 bits per heavy atom. The van der Waals surface area contributed by atoms with Gasteiger partial charge in [-0.1, -0.05) is 0 Å². The maximum absolute atomic E-state index is 11.4. The van der Waals surface area contributed by atoms with Crippen molar-refractivity contribution in [3.63, 3.8) is 0 Å². The lowest BCUT2D eigenvalue weighted by Crippen LogP contribution is -2.42. The second kappa shape index (κ2) is 6.79. The first kappa shape index (κ1) is 13.4. The van der Waals surface area contributed by atoms with E-state index >= 15 is 0 Å². The molecule has 1 N–H and O–H groups in total. The molecule has 1 unspecified atom stereocenters. The van der Waals surface area contributed by atoms with Crippen LogP contribution in [0.1, 0.15) is 20.8 Å². The first-order chi connectivity index (χ1) is 6.45. The molecule has 0 aliphatic carbocycles. The molecule has 1 amide bonds. The highest BCUT2D eigenvalue weighted by molar-refractivity contribution is 5.80. The Bertz CT molecular complexity index is 170. The number of nitrogens with zero attached hydrogens (tertiary/aromatic N) is 1. The second-order valence-corrected chi connectivity index (χ2v) is 3.83. The second-order valence-electron chi connectivity index (χ2n) is 3.83. The number of nitrogens with one attached hydrogen (secondary N) is 1. The highest BCUT2D eigenvalue weighted by atomic mass is 16.5. The molecule has 4 nitrogen and oxygen atoms in total. The molecular weight excluding hydrogens is 180 g/mol. The Hall–Kier alpha value is -0.610. The van der Waals surface area contributed by atoms with Crippen molar-refractivity contribution in [1.29, 1.82) is 0 Å². The van der Waals surface area contributed by atoms with Gasteiger partial charge in [0.25, 0.3) is 0 Å². The molecular formula is C10H22N2O2. The number of carbonyl (C=O) groups excluding carboxylic acids is 1. The average molecular weight is 202 g/mol. The fraction of sp³-hybridized carbons (Fsp3) is 0.900. The predicted octanol–water partition coefficient (Wildman–Crippen LogP) is 0.478. The molecule has 14 heavy (non-hydrogen) atoms. The third-order valence-electron chi connectivity index (χ3n) is 1.81. The molecule has 1 atom stereocenters. The molecule has 0 radical (unpaired) electrons. The van der Waals surface area contributed by atoms with Crippen molar-refractivity contribution in [2.24, 2.45) is 0 Å². The molecule has 0 aromatic heterocycles. The number of amides is 1. The van der Waals surface area contributed by atoms with Crippen LogP contribution in [0.4, 0.5) is 0 Å². The van der Waals surface area contributed by atoms with Crippen molar-refractivity contribution in [3.05, 3.63) is 0 Å². The molecule has 0 aliphatic heterocycles. The maximum atomic E-state index is 11.4. The minimum Gasteiger partial charge on any atom is -0.377 e. The fourth-order valence-corrected chi connectivity index (χ4v) is 1.04. The Balaban J connectivity index is 3.54. The number of hydrogen-bond acceptors (Lipinski definition) is 3. The van der Waals surface area contributed by atoms with Gasteiger partial charge in [0.2, 0.25) is 5.91 Å². The van der Waals surface area contributed by atoms with E-state index in [1.54, 1.807) is 19.0 Å². The van der Waals surface area contributed by atoms with Crippen molar-refractivity contribution < 1.29 is 9.53 Å². The summed E-state index contributed by atoms with van der Waals surface area (Å²) in [5.74, 6) is 0.0922. The minimum absolute atomic E-state index is 0.0922. The molecule has 0 aromatic carbocycles. The summed E-state index contributed by atoms with van der Waals surface area (Å²) in [6.45, 7) is 7.20. The summed E-state index contributed by atoms with van der Waals surface area (Å²) in [4.78, 5) is 13.0. The van der Waals surface area contributed by atoms with Gasteiger partial charge < -0.3 is 15.0 Å². The molecule has 0 saturated carbocycles. The average Bonchev–Trinajstić information content (AvgIpc) is 2.10. The molecule has 0 saturated heterocycles. The summed E-state index contributed by atoms with van der Waals surface area (Å²) in [6, 6.07) is -0.138. The summed E-state index contributed by atoms with van der Waals surface area (Å²) < 4.78 is 5.35. The number of ether oxygens (including phenoxy) is 1. The summed E-state index contributed by atoms with van der Waals surface area (Å²) >= 11 is 0. The minimum atomic E-state index is -0.138. The van der Waals surface area contributed by atoms with Gasteiger partial charge in [-0.2, -0.15) is 0 Å². The van der Waals surface area contributed by atoms with Gasteiger partial charge in [0.1, 0.15) is 0 Å². The molecule has 4 heteroatoms. The van der Waals surface area contributed by atoms with E-state index < -0.39 is 0 Å². The number of likely N-dealkylation sites (N-methyl/N-ethyl adjacent to an activating group) is 1. The molecule has 84 valence electrons. The van der Waals surface area contributed by atoms with Gasteiger partial charge in [0, 0.05) is 20.6 Å². The van der Waals surface area contributed by atoms with Crippen molar-refractivity contribution in [2.45, 2.75) is 32.9 Å². The van der Waals surface area contributed by atoms with Gasteiger partial charge in [-0.05, 0) is 20.8 Å². The third kappa shape index (κ3) is 5.94. The SMILES string of the molecule is CC(C)OCCNC(C)C(=O)N(C)C. The number of rotatable bonds is 6. The van der Waals surface area contributed by atoms with Crippen LogP contribution in [-0.2, 0) is 9.53 Å². The lowest BCUT2D eigenvalue weighted by molar-refractivity contribution is -0.130. The predicted molar refractivity (Wildman–Crippen MR) is 57.2 cm³/mol. The van der Waals surface area contributed by atoms with E-state index in [4.69, 9.17) is 4.74 Å². The van der Waals surface area contributed by atoms with Gasteiger partial charge >= 0.3 is 0 Å². The van der Waals surface area contributed by atoms with Crippen LogP contribution in [0.25, 0.3) is 0 Å².